The van der Waals surface area contributed by atoms with Crippen molar-refractivity contribution < 1.29 is 9.59 Å². The first-order chi connectivity index (χ1) is 19.2. The Morgan fingerprint density at radius 1 is 0.525 bits per heavy atom. The standard InChI is InChI=1S/C30H26N4O2Se4/c1-19-3-7-21(8-4-19)27(35)33-29(37)31-23-11-15-25(16-12-23)39-40-26-17-13-24(14-18-26)32-30(38)34-28(36)22-9-5-20(2)6-10-22/h3-18H,1-2H3,(H2,31,33,35,37)(H2,32,34,36,38). The van der Waals surface area contributed by atoms with E-state index < -0.39 is 0 Å². The zero-order chi connectivity index (χ0) is 28.5. The van der Waals surface area contributed by atoms with Crippen molar-refractivity contribution in [3.8, 4) is 0 Å². The van der Waals surface area contributed by atoms with Gasteiger partial charge < -0.3 is 0 Å². The van der Waals surface area contributed by atoms with Crippen molar-refractivity contribution in [2.45, 2.75) is 13.8 Å². The van der Waals surface area contributed by atoms with Gasteiger partial charge in [-0.25, -0.2) is 0 Å². The number of hydrogen-bond acceptors (Lipinski definition) is 4. The Morgan fingerprint density at radius 3 is 1.18 bits per heavy atom. The van der Waals surface area contributed by atoms with E-state index in [9.17, 15) is 9.59 Å². The van der Waals surface area contributed by atoms with Crippen LogP contribution in [0.2, 0.25) is 0 Å². The second-order valence-corrected chi connectivity index (χ2v) is 16.8. The van der Waals surface area contributed by atoms with Crippen LogP contribution in [-0.4, -0.2) is 78.6 Å². The summed E-state index contributed by atoms with van der Waals surface area (Å²) in [5, 5.41) is 12.1. The number of nitrogens with one attached hydrogen (secondary N) is 4. The molecule has 0 aromatic heterocycles. The van der Waals surface area contributed by atoms with E-state index in [1.807, 2.05) is 86.6 Å². The van der Waals surface area contributed by atoms with E-state index in [0.717, 1.165) is 22.5 Å². The number of carbonyl (C=O) groups excluding carboxylic acids is 2. The summed E-state index contributed by atoms with van der Waals surface area (Å²) < 4.78 is 3.73. The molecule has 4 aromatic rings. The molecule has 0 aliphatic carbocycles. The second-order valence-electron chi connectivity index (χ2n) is 8.76. The molecule has 2 amide bonds. The molecule has 6 nitrogen and oxygen atoms in total. The van der Waals surface area contributed by atoms with E-state index in [1.54, 1.807) is 0 Å². The molecule has 0 bridgehead atoms. The average Bonchev–Trinajstić information content (AvgIpc) is 2.94. The SMILES string of the molecule is Cc1ccc(C(=O)NC(=[Se])Nc2ccc([Se][Se]c3ccc(NC(=[Se])NC(=O)c4ccc(C)cc4)cc3)cc2)cc1. The van der Waals surface area contributed by atoms with Gasteiger partial charge in [-0.05, 0) is 0 Å². The molecule has 0 atom stereocenters. The van der Waals surface area contributed by atoms with Crippen LogP contribution in [-0.2, 0) is 0 Å². The summed E-state index contributed by atoms with van der Waals surface area (Å²) in [5.41, 5.74) is 5.25. The number of anilines is 2. The molecule has 4 aromatic carbocycles. The number of carbonyl (C=O) groups is 2. The Hall–Kier alpha value is -2.76. The molecule has 202 valence electrons. The Balaban J connectivity index is 1.21. The predicted molar refractivity (Wildman–Crippen MR) is 170 cm³/mol. The quantitative estimate of drug-likeness (QED) is 0.175. The summed E-state index contributed by atoms with van der Waals surface area (Å²) >= 11 is 6.44. The van der Waals surface area contributed by atoms with E-state index in [1.165, 1.54) is 8.92 Å². The van der Waals surface area contributed by atoms with Gasteiger partial charge in [0.05, 0.1) is 0 Å². The van der Waals surface area contributed by atoms with Gasteiger partial charge in [0.15, 0.2) is 0 Å². The summed E-state index contributed by atoms with van der Waals surface area (Å²) in [6.07, 6.45) is 0. The van der Waals surface area contributed by atoms with E-state index >= 15 is 0 Å². The molecular weight excluding hydrogens is 764 g/mol. The van der Waals surface area contributed by atoms with Crippen LogP contribution in [0.15, 0.2) is 97.1 Å². The van der Waals surface area contributed by atoms with Crippen molar-refractivity contribution in [1.82, 2.24) is 10.6 Å². The molecule has 0 radical (unpaired) electrons. The molecule has 0 aliphatic heterocycles. The molecule has 4 N–H and O–H groups in total. The fourth-order valence-electron chi connectivity index (χ4n) is 3.37. The number of aryl methyl sites for hydroxylation is 2. The van der Waals surface area contributed by atoms with Crippen molar-refractivity contribution in [2.24, 2.45) is 0 Å². The zero-order valence-electron chi connectivity index (χ0n) is 21.7. The van der Waals surface area contributed by atoms with Crippen LogP contribution in [0.1, 0.15) is 31.8 Å². The Bertz CT molecular complexity index is 1390. The summed E-state index contributed by atoms with van der Waals surface area (Å²) in [4.78, 5) is 24.8. The molecule has 0 spiro atoms. The van der Waals surface area contributed by atoms with Crippen LogP contribution in [0.4, 0.5) is 11.4 Å². The van der Waals surface area contributed by atoms with Crippen LogP contribution >= 0.6 is 0 Å². The summed E-state index contributed by atoms with van der Waals surface area (Å²) in [7, 11) is 0. The molecule has 0 saturated carbocycles. The van der Waals surface area contributed by atoms with Gasteiger partial charge >= 0.3 is 263 Å². The van der Waals surface area contributed by atoms with Gasteiger partial charge in [0, 0.05) is 0 Å². The van der Waals surface area contributed by atoms with E-state index in [4.69, 9.17) is 0 Å². The first-order valence-corrected chi connectivity index (χ1v) is 19.9. The Morgan fingerprint density at radius 2 is 0.850 bits per heavy atom. The van der Waals surface area contributed by atoms with Gasteiger partial charge in [0.25, 0.3) is 0 Å². The maximum atomic E-state index is 12.4. The van der Waals surface area contributed by atoms with E-state index in [2.05, 4.69) is 76.7 Å². The third-order valence-electron chi connectivity index (χ3n) is 5.54. The summed E-state index contributed by atoms with van der Waals surface area (Å²) in [6.45, 7) is 3.98. The second kappa shape index (κ2) is 14.7. The summed E-state index contributed by atoms with van der Waals surface area (Å²) in [6, 6.07) is 31.5. The van der Waals surface area contributed by atoms with Gasteiger partial charge in [-0.2, -0.15) is 0 Å². The predicted octanol–water partition coefficient (Wildman–Crippen LogP) is 1.77. The molecule has 0 saturated heterocycles. The van der Waals surface area contributed by atoms with Crippen molar-refractivity contribution >= 4 is 98.9 Å². The third kappa shape index (κ3) is 9.41. The fraction of sp³-hybridized carbons (Fsp3) is 0.0667. The zero-order valence-corrected chi connectivity index (χ0v) is 28.5. The van der Waals surface area contributed by atoms with Crippen LogP contribution in [0.3, 0.4) is 0 Å². The summed E-state index contributed by atoms with van der Waals surface area (Å²) in [5.74, 6) is -0.327. The normalized spacial score (nSPS) is 10.3. The van der Waals surface area contributed by atoms with Crippen LogP contribution < -0.4 is 30.2 Å². The van der Waals surface area contributed by atoms with Crippen molar-refractivity contribution in [1.29, 1.82) is 0 Å². The fourth-order valence-corrected chi connectivity index (χ4v) is 10.2. The van der Waals surface area contributed by atoms with E-state index in [-0.39, 0.29) is 11.8 Å². The van der Waals surface area contributed by atoms with Gasteiger partial charge in [-0.3, -0.25) is 0 Å². The van der Waals surface area contributed by atoms with Crippen LogP contribution in [0, 0.1) is 13.8 Å². The number of benzene rings is 4. The topological polar surface area (TPSA) is 82.3 Å². The molecule has 10 heteroatoms. The third-order valence-corrected chi connectivity index (χ3v) is 13.6. The molecule has 0 heterocycles. The first kappa shape index (κ1) is 30.2. The maximum absolute atomic E-state index is 12.4. The molecule has 40 heavy (non-hydrogen) atoms. The van der Waals surface area contributed by atoms with E-state index in [0.29, 0.717) is 46.7 Å². The first-order valence-electron chi connectivity index (χ1n) is 12.2. The molecule has 0 fully saturated rings. The average molecular weight is 790 g/mol. The number of rotatable bonds is 11. The Kier molecular flexibility index (Phi) is 11.1. The molecule has 0 aliphatic rings. The molecule has 4 rings (SSSR count). The number of hydrogen-bond donors (Lipinski definition) is 4. The Labute approximate surface area is 261 Å². The van der Waals surface area contributed by atoms with Gasteiger partial charge in [-0.15, -0.1) is 0 Å². The van der Waals surface area contributed by atoms with Crippen LogP contribution in [0.25, 0.3) is 0 Å². The number of amides is 2. The van der Waals surface area contributed by atoms with Crippen molar-refractivity contribution in [3.05, 3.63) is 119 Å². The van der Waals surface area contributed by atoms with Gasteiger partial charge in [0.1, 0.15) is 0 Å². The monoisotopic (exact) mass is 794 g/mol. The van der Waals surface area contributed by atoms with Crippen LogP contribution in [0.5, 0.6) is 0 Å². The minimum atomic E-state index is -0.164. The minimum absolute atomic E-state index is 0.164. The molecular formula is C30H26N4O2Se4. The van der Waals surface area contributed by atoms with Crippen molar-refractivity contribution in [2.75, 3.05) is 10.6 Å². The van der Waals surface area contributed by atoms with Gasteiger partial charge in [0.2, 0.25) is 0 Å². The van der Waals surface area contributed by atoms with Crippen molar-refractivity contribution in [3.63, 3.8) is 0 Å². The molecule has 0 unspecified atom stereocenters. The van der Waals surface area contributed by atoms with Gasteiger partial charge in [-0.1, -0.05) is 0 Å².